The van der Waals surface area contributed by atoms with E-state index >= 15 is 0 Å². The van der Waals surface area contributed by atoms with E-state index in [1.165, 1.54) is 11.8 Å². The van der Waals surface area contributed by atoms with Crippen LogP contribution in [0, 0.1) is 0 Å². The van der Waals surface area contributed by atoms with Gasteiger partial charge < -0.3 is 0 Å². The molecule has 0 N–H and O–H groups in total. The molecule has 0 bridgehead atoms. The topological polar surface area (TPSA) is 37.4 Å². The molecule has 1 aliphatic heterocycles. The predicted octanol–water partition coefficient (Wildman–Crippen LogP) is 3.67. The van der Waals surface area contributed by atoms with Crippen LogP contribution in [0.5, 0.6) is 0 Å². The lowest BCUT2D eigenvalue weighted by atomic mass is 10.2. The van der Waals surface area contributed by atoms with Gasteiger partial charge in [-0.1, -0.05) is 23.7 Å². The van der Waals surface area contributed by atoms with E-state index in [4.69, 9.17) is 11.6 Å². The predicted molar refractivity (Wildman–Crippen MR) is 77.8 cm³/mol. The zero-order chi connectivity index (χ0) is 15.7. The molecule has 0 aromatic heterocycles. The van der Waals surface area contributed by atoms with E-state index in [1.54, 1.807) is 24.3 Å². The van der Waals surface area contributed by atoms with Crippen molar-refractivity contribution >= 4 is 33.4 Å². The number of halogens is 4. The normalized spacial score (nSPS) is 20.9. The summed E-state index contributed by atoms with van der Waals surface area (Å²) in [4.78, 5) is 0. The minimum absolute atomic E-state index is 0.220. The number of rotatable bonds is 4. The van der Waals surface area contributed by atoms with Gasteiger partial charge in [0, 0.05) is 17.3 Å². The first kappa shape index (κ1) is 16.9. The van der Waals surface area contributed by atoms with Gasteiger partial charge in [0.15, 0.2) is 0 Å². The molecule has 3 nitrogen and oxygen atoms in total. The number of thioether (sulfide) groups is 1. The highest BCUT2D eigenvalue weighted by molar-refractivity contribution is 8.00. The Balaban J connectivity index is 2.16. The fourth-order valence-corrected chi connectivity index (χ4v) is 5.46. The molecule has 118 valence electrons. The molecule has 1 aliphatic rings. The maximum atomic E-state index is 12.2. The zero-order valence-electron chi connectivity index (χ0n) is 10.8. The molecule has 0 spiro atoms. The SMILES string of the molecule is O=S(=O)(CCC(F)(F)F)N1CCSC1c1ccc(Cl)cc1. The molecule has 2 rings (SSSR count). The third kappa shape index (κ3) is 4.51. The molecule has 9 heteroatoms. The molecule has 1 heterocycles. The van der Waals surface area contributed by atoms with E-state index in [1.807, 2.05) is 0 Å². The number of benzene rings is 1. The summed E-state index contributed by atoms with van der Waals surface area (Å²) in [5, 5.41) is 0.0359. The summed E-state index contributed by atoms with van der Waals surface area (Å²) in [6.07, 6.45) is -5.81. The Morgan fingerprint density at radius 3 is 2.48 bits per heavy atom. The minimum atomic E-state index is -4.48. The standard InChI is InChI=1S/C12H13ClF3NO2S2/c13-10-3-1-9(2-4-10)11-17(6-7-20-11)21(18,19)8-5-12(14,15)16/h1-4,11H,5-8H2. The van der Waals surface area contributed by atoms with Crippen LogP contribution in [0.15, 0.2) is 24.3 Å². The number of sulfonamides is 1. The summed E-state index contributed by atoms with van der Waals surface area (Å²) in [5.74, 6) is -0.361. The van der Waals surface area contributed by atoms with Crippen LogP contribution < -0.4 is 0 Å². The summed E-state index contributed by atoms with van der Waals surface area (Å²) in [5.41, 5.74) is 0.720. The highest BCUT2D eigenvalue weighted by Crippen LogP contribution is 2.40. The van der Waals surface area contributed by atoms with E-state index in [9.17, 15) is 21.6 Å². The quantitative estimate of drug-likeness (QED) is 0.823. The monoisotopic (exact) mass is 359 g/mol. The van der Waals surface area contributed by atoms with Gasteiger partial charge in [-0.2, -0.15) is 17.5 Å². The van der Waals surface area contributed by atoms with Gasteiger partial charge in [-0.15, -0.1) is 11.8 Å². The van der Waals surface area contributed by atoms with Crippen molar-refractivity contribution in [3.63, 3.8) is 0 Å². The first-order valence-electron chi connectivity index (χ1n) is 6.12. The van der Waals surface area contributed by atoms with Crippen LogP contribution >= 0.6 is 23.4 Å². The fraction of sp³-hybridized carbons (Fsp3) is 0.500. The molecule has 1 atom stereocenters. The first-order valence-corrected chi connectivity index (χ1v) is 9.16. The Morgan fingerprint density at radius 2 is 1.90 bits per heavy atom. The van der Waals surface area contributed by atoms with Gasteiger partial charge >= 0.3 is 6.18 Å². The molecule has 0 radical (unpaired) electrons. The van der Waals surface area contributed by atoms with Crippen molar-refractivity contribution in [2.45, 2.75) is 18.0 Å². The second kappa shape index (κ2) is 6.36. The maximum absolute atomic E-state index is 12.2. The Kier molecular flexibility index (Phi) is 5.12. The highest BCUT2D eigenvalue weighted by atomic mass is 35.5. The van der Waals surface area contributed by atoms with Gasteiger partial charge in [-0.25, -0.2) is 8.42 Å². The summed E-state index contributed by atoms with van der Waals surface area (Å²) in [7, 11) is -3.94. The molecule has 0 amide bonds. The first-order chi connectivity index (χ1) is 9.69. The lowest BCUT2D eigenvalue weighted by Gasteiger charge is -2.23. The van der Waals surface area contributed by atoms with Gasteiger partial charge in [-0.05, 0) is 17.7 Å². The van der Waals surface area contributed by atoms with Crippen molar-refractivity contribution in [3.05, 3.63) is 34.9 Å². The molecule has 21 heavy (non-hydrogen) atoms. The van der Waals surface area contributed by atoms with Crippen molar-refractivity contribution in [1.29, 1.82) is 0 Å². The average Bonchev–Trinajstić information content (AvgIpc) is 2.87. The van der Waals surface area contributed by atoms with Gasteiger partial charge in [0.2, 0.25) is 10.0 Å². The van der Waals surface area contributed by atoms with Crippen molar-refractivity contribution in [2.24, 2.45) is 0 Å². The molecular formula is C12H13ClF3NO2S2. The Bertz CT molecular complexity index is 590. The highest BCUT2D eigenvalue weighted by Gasteiger charge is 2.38. The number of hydrogen-bond acceptors (Lipinski definition) is 3. The molecule has 1 fully saturated rings. The Morgan fingerprint density at radius 1 is 1.29 bits per heavy atom. The second-order valence-corrected chi connectivity index (χ2v) is 8.23. The Labute approximate surface area is 130 Å². The molecule has 1 unspecified atom stereocenters. The number of hydrogen-bond donors (Lipinski definition) is 0. The van der Waals surface area contributed by atoms with Crippen LogP contribution in [0.1, 0.15) is 17.4 Å². The lowest BCUT2D eigenvalue weighted by molar-refractivity contribution is -0.130. The summed E-state index contributed by atoms with van der Waals surface area (Å²) in [6.45, 7) is 0.220. The lowest BCUT2D eigenvalue weighted by Crippen LogP contribution is -2.34. The smallest absolute Gasteiger partial charge is 0.212 e. The van der Waals surface area contributed by atoms with E-state index in [0.29, 0.717) is 10.8 Å². The number of nitrogens with zero attached hydrogens (tertiary/aromatic N) is 1. The summed E-state index contributed by atoms with van der Waals surface area (Å²) < 4.78 is 62.1. The van der Waals surface area contributed by atoms with Crippen molar-refractivity contribution in [2.75, 3.05) is 18.1 Å². The van der Waals surface area contributed by atoms with Crippen LogP contribution in [-0.4, -0.2) is 36.9 Å². The van der Waals surface area contributed by atoms with Crippen molar-refractivity contribution < 1.29 is 21.6 Å². The van der Waals surface area contributed by atoms with Crippen LogP contribution in [0.2, 0.25) is 5.02 Å². The summed E-state index contributed by atoms with van der Waals surface area (Å²) in [6, 6.07) is 6.65. The van der Waals surface area contributed by atoms with Gasteiger partial charge in [0.05, 0.1) is 17.5 Å². The van der Waals surface area contributed by atoms with Crippen LogP contribution in [0.4, 0.5) is 13.2 Å². The average molecular weight is 360 g/mol. The van der Waals surface area contributed by atoms with Gasteiger partial charge in [0.1, 0.15) is 0 Å². The van der Waals surface area contributed by atoms with E-state index < -0.39 is 33.7 Å². The summed E-state index contributed by atoms with van der Waals surface area (Å²) >= 11 is 7.17. The van der Waals surface area contributed by atoms with Crippen LogP contribution in [-0.2, 0) is 10.0 Å². The van der Waals surface area contributed by atoms with E-state index in [0.717, 1.165) is 9.87 Å². The molecule has 1 aromatic rings. The van der Waals surface area contributed by atoms with Crippen molar-refractivity contribution in [3.8, 4) is 0 Å². The second-order valence-electron chi connectivity index (χ2n) is 4.57. The Hall–Kier alpha value is -0.440. The molecule has 0 aliphatic carbocycles. The molecular weight excluding hydrogens is 347 g/mol. The van der Waals surface area contributed by atoms with Crippen LogP contribution in [0.3, 0.4) is 0 Å². The largest absolute Gasteiger partial charge is 0.390 e. The minimum Gasteiger partial charge on any atom is -0.212 e. The van der Waals surface area contributed by atoms with Crippen LogP contribution in [0.25, 0.3) is 0 Å². The fourth-order valence-electron chi connectivity index (χ4n) is 1.99. The van der Waals surface area contributed by atoms with Gasteiger partial charge in [-0.3, -0.25) is 0 Å². The van der Waals surface area contributed by atoms with E-state index in [-0.39, 0.29) is 6.54 Å². The van der Waals surface area contributed by atoms with Crippen molar-refractivity contribution in [1.82, 2.24) is 4.31 Å². The zero-order valence-corrected chi connectivity index (χ0v) is 13.2. The molecule has 1 aromatic carbocycles. The number of alkyl halides is 3. The third-order valence-electron chi connectivity index (χ3n) is 3.00. The maximum Gasteiger partial charge on any atom is 0.390 e. The van der Waals surface area contributed by atoms with Gasteiger partial charge in [0.25, 0.3) is 0 Å². The molecule has 1 saturated heterocycles. The van der Waals surface area contributed by atoms with E-state index in [2.05, 4.69) is 0 Å². The third-order valence-corrected chi connectivity index (χ3v) is 6.48. The molecule has 0 saturated carbocycles.